The molecule has 2 aromatic heterocycles. The van der Waals surface area contributed by atoms with Crippen molar-refractivity contribution in [2.75, 3.05) is 34.5 Å². The summed E-state index contributed by atoms with van der Waals surface area (Å²) in [6, 6.07) is -1.10. The average molecular weight is 625 g/mol. The van der Waals surface area contributed by atoms with E-state index in [2.05, 4.69) is 20.4 Å². The molecule has 3 atom stereocenters. The lowest BCUT2D eigenvalue weighted by Gasteiger charge is -2.50. The summed E-state index contributed by atoms with van der Waals surface area (Å²) in [7, 11) is 0. The Balaban J connectivity index is 1.50. The van der Waals surface area contributed by atoms with Gasteiger partial charge in [0, 0.05) is 16.9 Å². The molecule has 4 heterocycles. The fourth-order valence-electron chi connectivity index (χ4n) is 3.77. The number of oxime groups is 1. The minimum Gasteiger partial charge on any atom is -0.543 e. The first kappa shape index (κ1) is 29.7. The van der Waals surface area contributed by atoms with E-state index < -0.39 is 41.3 Å². The number of hydrogen-bond donors (Lipinski definition) is 6. The van der Waals surface area contributed by atoms with Crippen molar-refractivity contribution in [2.45, 2.75) is 36.0 Å². The number of carbonyl (C=O) groups is 4. The van der Waals surface area contributed by atoms with Crippen LogP contribution in [-0.2, 0) is 24.0 Å². The Labute approximate surface area is 243 Å². The maximum absolute atomic E-state index is 13.2. The Morgan fingerprint density at radius 2 is 2.10 bits per heavy atom. The molecule has 0 saturated carbocycles. The largest absolute Gasteiger partial charge is 0.543 e. The SMILES string of the molecule is CC(CC(=O)O)O/N=C(\C(=O)NC1C(=O)N2C(C(=O)[O-])=C(CSc3nc(N)c(N)c[n+]3N)CS[C@H]12)c1csc(N)n1. The van der Waals surface area contributed by atoms with Crippen LogP contribution < -0.4 is 38.1 Å². The van der Waals surface area contributed by atoms with Gasteiger partial charge in [-0.05, 0) is 29.2 Å². The summed E-state index contributed by atoms with van der Waals surface area (Å²) in [6.45, 7) is 1.45. The van der Waals surface area contributed by atoms with Crippen molar-refractivity contribution < 1.29 is 38.9 Å². The zero-order valence-electron chi connectivity index (χ0n) is 21.2. The highest BCUT2D eigenvalue weighted by Crippen LogP contribution is 2.41. The van der Waals surface area contributed by atoms with Gasteiger partial charge in [-0.15, -0.1) is 27.8 Å². The number of carbonyl (C=O) groups excluding carboxylic acids is 3. The second-order valence-corrected chi connectivity index (χ2v) is 11.6. The summed E-state index contributed by atoms with van der Waals surface area (Å²) in [5.41, 5.74) is 17.1. The van der Waals surface area contributed by atoms with Crippen molar-refractivity contribution in [1.29, 1.82) is 0 Å². The highest BCUT2D eigenvalue weighted by molar-refractivity contribution is 8.01. The number of β-lactam (4-membered cyclic amide) rings is 1. The van der Waals surface area contributed by atoms with Crippen LogP contribution in [0.15, 0.2) is 33.2 Å². The molecular formula is C21H24N10O7S3. The molecule has 2 amide bonds. The third kappa shape index (κ3) is 6.38. The number of hydrogen-bond acceptors (Lipinski definition) is 16. The second kappa shape index (κ2) is 12.1. The first-order chi connectivity index (χ1) is 19.4. The van der Waals surface area contributed by atoms with Gasteiger partial charge in [0.1, 0.15) is 35.1 Å². The number of carboxylic acid groups (broad SMARTS) is 2. The fourth-order valence-corrected chi connectivity index (χ4v) is 6.70. The summed E-state index contributed by atoms with van der Waals surface area (Å²) in [4.78, 5) is 63.5. The molecule has 2 unspecified atom stereocenters. The first-order valence-corrected chi connectivity index (χ1v) is 14.5. The molecule has 0 bridgehead atoms. The third-order valence-corrected chi connectivity index (χ3v) is 8.75. The molecule has 0 aromatic carbocycles. The number of nitrogen functional groups attached to an aromatic ring is 4. The molecule has 0 aliphatic carbocycles. The molecule has 2 aromatic rings. The van der Waals surface area contributed by atoms with Gasteiger partial charge in [-0.2, -0.15) is 0 Å². The standard InChI is InChI=1S/C21H24N10O7S3/c1-7(2-11(32)33)38-29-12(10-6-40-20(24)26-10)16(34)27-13-17(35)31-14(19(36)37)8(4-39-18(13)31)5-41-21-28-15(23)9(22)3-30(21)25/h3,6-7,13,18,23H,2,4-5,22,25H2,1H3,(H5,24,26,27,32,33,34,36,37)/b29-12-/t7?,13?,18-/m1/s1. The fraction of sp³-hybridized carbons (Fsp3) is 0.333. The third-order valence-electron chi connectivity index (χ3n) is 5.68. The van der Waals surface area contributed by atoms with Crippen LogP contribution in [0.5, 0.6) is 0 Å². The number of amides is 2. The Morgan fingerprint density at radius 1 is 1.37 bits per heavy atom. The quantitative estimate of drug-likeness (QED) is 0.0277. The number of rotatable bonds is 11. The smallest absolute Gasteiger partial charge is 0.384 e. The van der Waals surface area contributed by atoms with E-state index in [-0.39, 0.29) is 56.8 Å². The van der Waals surface area contributed by atoms with Gasteiger partial charge < -0.3 is 42.4 Å². The summed E-state index contributed by atoms with van der Waals surface area (Å²) < 4.78 is 1.15. The van der Waals surface area contributed by atoms with Crippen LogP contribution in [0.4, 0.5) is 16.6 Å². The Kier molecular flexibility index (Phi) is 8.73. The van der Waals surface area contributed by atoms with Crippen molar-refractivity contribution in [3.05, 3.63) is 28.5 Å². The predicted octanol–water partition coefficient (Wildman–Crippen LogP) is -2.93. The molecule has 10 N–H and O–H groups in total. The molecule has 0 spiro atoms. The molecule has 17 nitrogen and oxygen atoms in total. The first-order valence-electron chi connectivity index (χ1n) is 11.6. The molecule has 2 aliphatic heterocycles. The molecule has 1 saturated heterocycles. The number of anilines is 3. The Bertz CT molecular complexity index is 1480. The monoisotopic (exact) mass is 624 g/mol. The van der Waals surface area contributed by atoms with E-state index >= 15 is 0 Å². The van der Waals surface area contributed by atoms with Crippen LogP contribution in [0.3, 0.4) is 0 Å². The molecule has 218 valence electrons. The van der Waals surface area contributed by atoms with Crippen molar-refractivity contribution in [3.8, 4) is 0 Å². The van der Waals surface area contributed by atoms with Crippen LogP contribution in [0.2, 0.25) is 0 Å². The highest BCUT2D eigenvalue weighted by atomic mass is 32.2. The zero-order chi connectivity index (χ0) is 30.0. The molecule has 2 aliphatic rings. The molecular weight excluding hydrogens is 600 g/mol. The van der Waals surface area contributed by atoms with Crippen molar-refractivity contribution >= 4 is 81.0 Å². The molecule has 41 heavy (non-hydrogen) atoms. The lowest BCUT2D eigenvalue weighted by atomic mass is 10.0. The van der Waals surface area contributed by atoms with E-state index in [9.17, 15) is 24.3 Å². The van der Waals surface area contributed by atoms with Gasteiger partial charge >= 0.3 is 11.1 Å². The lowest BCUT2D eigenvalue weighted by molar-refractivity contribution is -0.681. The van der Waals surface area contributed by atoms with Crippen molar-refractivity contribution in [2.24, 2.45) is 5.16 Å². The van der Waals surface area contributed by atoms with E-state index in [1.54, 1.807) is 0 Å². The number of nitrogens with two attached hydrogens (primary N) is 4. The van der Waals surface area contributed by atoms with Gasteiger partial charge in [0.2, 0.25) is 0 Å². The Hall–Kier alpha value is -4.30. The number of carboxylic acids is 2. The molecule has 1 fully saturated rings. The maximum atomic E-state index is 13.2. The summed E-state index contributed by atoms with van der Waals surface area (Å²) in [5, 5.41) is 28.4. The Morgan fingerprint density at radius 3 is 2.73 bits per heavy atom. The number of fused-ring (bicyclic) bond motifs is 1. The number of aromatic nitrogens is 3. The van der Waals surface area contributed by atoms with Gasteiger partial charge in [0.15, 0.2) is 10.8 Å². The van der Waals surface area contributed by atoms with Gasteiger partial charge in [0.05, 0.1) is 18.1 Å². The minimum absolute atomic E-state index is 0.0520. The number of aliphatic carboxylic acids is 2. The van der Waals surface area contributed by atoms with E-state index in [1.807, 2.05) is 0 Å². The van der Waals surface area contributed by atoms with Crippen molar-refractivity contribution in [3.63, 3.8) is 0 Å². The topological polar surface area (TPSA) is 282 Å². The van der Waals surface area contributed by atoms with E-state index in [4.69, 9.17) is 33.0 Å². The molecule has 0 radical (unpaired) electrons. The number of thioether (sulfide) groups is 2. The van der Waals surface area contributed by atoms with Crippen LogP contribution in [0, 0.1) is 0 Å². The summed E-state index contributed by atoms with van der Waals surface area (Å²) >= 11 is 3.35. The van der Waals surface area contributed by atoms with Crippen molar-refractivity contribution in [1.82, 2.24) is 20.2 Å². The van der Waals surface area contributed by atoms with Crippen LogP contribution >= 0.6 is 34.9 Å². The zero-order valence-corrected chi connectivity index (χ0v) is 23.6. The van der Waals surface area contributed by atoms with Crippen LogP contribution in [-0.4, -0.2) is 78.5 Å². The summed E-state index contributed by atoms with van der Waals surface area (Å²) in [5.74, 6) is 2.00. The number of nitrogens with one attached hydrogen (secondary N) is 1. The molecule has 4 rings (SSSR count). The van der Waals surface area contributed by atoms with Gasteiger partial charge in [-0.3, -0.25) is 25.1 Å². The van der Waals surface area contributed by atoms with E-state index in [0.29, 0.717) is 5.57 Å². The number of nitrogens with zero attached hydrogens (tertiary/aromatic N) is 5. The summed E-state index contributed by atoms with van der Waals surface area (Å²) in [6.07, 6.45) is 0.117. The predicted molar refractivity (Wildman–Crippen MR) is 147 cm³/mol. The van der Waals surface area contributed by atoms with Crippen LogP contribution in [0.25, 0.3) is 0 Å². The lowest BCUT2D eigenvalue weighted by Crippen LogP contribution is -2.71. The van der Waals surface area contributed by atoms with E-state index in [1.165, 1.54) is 30.3 Å². The van der Waals surface area contributed by atoms with Crippen LogP contribution in [0.1, 0.15) is 19.0 Å². The highest BCUT2D eigenvalue weighted by Gasteiger charge is 2.53. The average Bonchev–Trinajstić information content (AvgIpc) is 3.33. The minimum atomic E-state index is -1.56. The van der Waals surface area contributed by atoms with Gasteiger partial charge in [-0.25, -0.2) is 4.98 Å². The van der Waals surface area contributed by atoms with E-state index in [0.717, 1.165) is 32.7 Å². The maximum Gasteiger partial charge on any atom is 0.384 e. The van der Waals surface area contributed by atoms with Gasteiger partial charge in [0.25, 0.3) is 17.6 Å². The van der Waals surface area contributed by atoms with Gasteiger partial charge in [-0.1, -0.05) is 5.16 Å². The molecule has 20 heteroatoms. The normalized spacial score (nSPS) is 19.3. The second-order valence-electron chi connectivity index (χ2n) is 8.69. The number of thiazole rings is 1.